The largest absolute Gasteiger partial charge is 0.497 e. The van der Waals surface area contributed by atoms with E-state index in [2.05, 4.69) is 9.88 Å². The number of rotatable bonds is 5. The third-order valence-corrected chi connectivity index (χ3v) is 7.27. The van der Waals surface area contributed by atoms with Crippen LogP contribution in [0.2, 0.25) is 0 Å². The first kappa shape index (κ1) is 22.9. The molecule has 7 heteroatoms. The molecule has 0 saturated carbocycles. The highest BCUT2D eigenvalue weighted by molar-refractivity contribution is 5.84. The van der Waals surface area contributed by atoms with E-state index in [-0.39, 0.29) is 12.0 Å². The Hall–Kier alpha value is -2.90. The fourth-order valence-electron chi connectivity index (χ4n) is 5.45. The molecule has 3 saturated heterocycles. The van der Waals surface area contributed by atoms with Crippen molar-refractivity contribution >= 4 is 17.0 Å². The molecule has 3 fully saturated rings. The van der Waals surface area contributed by atoms with E-state index >= 15 is 0 Å². The Morgan fingerprint density at radius 2 is 2.03 bits per heavy atom. The molecule has 3 aliphatic heterocycles. The Labute approximate surface area is 196 Å². The molecule has 2 aromatic carbocycles. The molecule has 4 heterocycles. The van der Waals surface area contributed by atoms with Crippen LogP contribution >= 0.6 is 0 Å². The van der Waals surface area contributed by atoms with Crippen LogP contribution in [0.5, 0.6) is 5.75 Å². The van der Waals surface area contributed by atoms with Crippen LogP contribution in [0.15, 0.2) is 60.8 Å². The van der Waals surface area contributed by atoms with E-state index in [4.69, 9.17) is 4.74 Å². The molecule has 3 aromatic rings. The van der Waals surface area contributed by atoms with E-state index in [1.807, 2.05) is 30.3 Å². The highest BCUT2D eigenvalue weighted by atomic mass is 19.4. The fraction of sp³-hybridized carbons (Fsp3) is 0.370. The number of nitrogens with zero attached hydrogens (tertiary/aromatic N) is 2. The summed E-state index contributed by atoms with van der Waals surface area (Å²) < 4.78 is 44.4. The first-order valence-electron chi connectivity index (χ1n) is 11.5. The summed E-state index contributed by atoms with van der Waals surface area (Å²) in [4.78, 5) is 6.74. The zero-order valence-corrected chi connectivity index (χ0v) is 18.9. The van der Waals surface area contributed by atoms with Crippen LogP contribution in [0.25, 0.3) is 17.0 Å². The first-order valence-corrected chi connectivity index (χ1v) is 11.5. The van der Waals surface area contributed by atoms with Gasteiger partial charge >= 0.3 is 6.18 Å². The predicted molar refractivity (Wildman–Crippen MR) is 125 cm³/mol. The second kappa shape index (κ2) is 9.04. The second-order valence-electron chi connectivity index (χ2n) is 9.22. The molecule has 3 aliphatic rings. The van der Waals surface area contributed by atoms with Crippen molar-refractivity contribution in [2.75, 3.05) is 20.2 Å². The second-order valence-corrected chi connectivity index (χ2v) is 9.22. The Balaban J connectivity index is 1.33. The number of alkyl halides is 3. The Kier molecular flexibility index (Phi) is 6.08. The van der Waals surface area contributed by atoms with Crippen LogP contribution in [0.3, 0.4) is 0 Å². The number of methoxy groups -OCH3 is 1. The average molecular weight is 469 g/mol. The lowest BCUT2D eigenvalue weighted by Crippen LogP contribution is -2.54. The van der Waals surface area contributed by atoms with E-state index in [1.165, 1.54) is 12.1 Å². The highest BCUT2D eigenvalue weighted by Crippen LogP contribution is 2.42. The Morgan fingerprint density at radius 3 is 2.76 bits per heavy atom. The smallest absolute Gasteiger partial charge is 0.416 e. The van der Waals surface area contributed by atoms with Crippen molar-refractivity contribution in [1.29, 1.82) is 0 Å². The molecule has 178 valence electrons. The van der Waals surface area contributed by atoms with Crippen molar-refractivity contribution in [2.45, 2.75) is 31.2 Å². The average Bonchev–Trinajstić information content (AvgIpc) is 2.86. The topological polar surface area (TPSA) is 45.6 Å². The monoisotopic (exact) mass is 468 g/mol. The van der Waals surface area contributed by atoms with Crippen molar-refractivity contribution in [3.63, 3.8) is 0 Å². The van der Waals surface area contributed by atoms with Gasteiger partial charge in [0.1, 0.15) is 5.75 Å². The summed E-state index contributed by atoms with van der Waals surface area (Å²) in [5.74, 6) is 1.36. The van der Waals surface area contributed by atoms with Crippen molar-refractivity contribution < 1.29 is 23.0 Å². The highest BCUT2D eigenvalue weighted by Gasteiger charge is 2.42. The Morgan fingerprint density at radius 1 is 1.18 bits per heavy atom. The van der Waals surface area contributed by atoms with E-state index in [9.17, 15) is 18.3 Å². The number of aliphatic hydroxyl groups is 1. The summed E-state index contributed by atoms with van der Waals surface area (Å²) in [6.07, 6.45) is 2.43. The maximum absolute atomic E-state index is 13.0. The summed E-state index contributed by atoms with van der Waals surface area (Å²) in [5.41, 5.74) is 1.58. The molecule has 0 spiro atoms. The summed E-state index contributed by atoms with van der Waals surface area (Å²) >= 11 is 0. The molecule has 1 N–H and O–H groups in total. The quantitative estimate of drug-likeness (QED) is 0.520. The molecule has 0 aliphatic carbocycles. The van der Waals surface area contributed by atoms with Crippen molar-refractivity contribution in [2.24, 2.45) is 11.8 Å². The number of aliphatic hydroxyl groups excluding tert-OH is 1. The van der Waals surface area contributed by atoms with E-state index in [0.717, 1.165) is 54.2 Å². The van der Waals surface area contributed by atoms with Crippen LogP contribution in [0, 0.1) is 11.8 Å². The van der Waals surface area contributed by atoms with Gasteiger partial charge < -0.3 is 9.84 Å². The van der Waals surface area contributed by atoms with Gasteiger partial charge in [0.05, 0.1) is 24.3 Å². The predicted octanol–water partition coefficient (Wildman–Crippen LogP) is 5.72. The molecule has 6 rings (SSSR count). The van der Waals surface area contributed by atoms with Crippen LogP contribution in [-0.4, -0.2) is 41.2 Å². The zero-order chi connectivity index (χ0) is 23.9. The molecule has 1 aromatic heterocycles. The number of hydrogen-bond acceptors (Lipinski definition) is 4. The van der Waals surface area contributed by atoms with Gasteiger partial charge in [-0.25, -0.2) is 0 Å². The number of piperidine rings is 3. The maximum Gasteiger partial charge on any atom is 0.416 e. The van der Waals surface area contributed by atoms with Crippen molar-refractivity contribution in [3.8, 4) is 5.75 Å². The van der Waals surface area contributed by atoms with Crippen LogP contribution < -0.4 is 4.74 Å². The van der Waals surface area contributed by atoms with E-state index in [0.29, 0.717) is 11.5 Å². The number of pyridine rings is 1. The number of hydrogen-bond donors (Lipinski definition) is 1. The van der Waals surface area contributed by atoms with Gasteiger partial charge in [-0.1, -0.05) is 24.3 Å². The molecule has 1 unspecified atom stereocenters. The number of benzene rings is 2. The molecular formula is C27H27F3N2O2. The summed E-state index contributed by atoms with van der Waals surface area (Å²) in [6, 6.07) is 13.0. The van der Waals surface area contributed by atoms with Gasteiger partial charge in [0.25, 0.3) is 0 Å². The molecule has 34 heavy (non-hydrogen) atoms. The molecule has 0 amide bonds. The van der Waals surface area contributed by atoms with Crippen LogP contribution in [0.4, 0.5) is 13.2 Å². The van der Waals surface area contributed by atoms with Crippen LogP contribution in [0.1, 0.15) is 35.6 Å². The van der Waals surface area contributed by atoms with Gasteiger partial charge in [0.15, 0.2) is 0 Å². The number of aromatic nitrogens is 1. The molecular weight excluding hydrogens is 441 g/mol. The van der Waals surface area contributed by atoms with Gasteiger partial charge in [0.2, 0.25) is 0 Å². The number of fused-ring (bicyclic) bond motifs is 4. The van der Waals surface area contributed by atoms with Crippen molar-refractivity contribution in [3.05, 3.63) is 77.5 Å². The van der Waals surface area contributed by atoms with E-state index in [1.54, 1.807) is 25.4 Å². The van der Waals surface area contributed by atoms with Crippen molar-refractivity contribution in [1.82, 2.24) is 9.88 Å². The Bertz CT molecular complexity index is 1210. The standard InChI is InChI=1S/C27H27F3N2O2/c1-34-21-7-8-24-23(15-21)22(9-11-31-24)26(33)25-14-18-10-12-32(25)16-19(18)6-5-17-3-2-4-20(13-17)27(28,29)30/h2-9,11,13,15,18-19,25-26,33H,10,12,14,16H2,1H3/b6-5+/t18-,19+,25-,26-/m1/s1. The van der Waals surface area contributed by atoms with Gasteiger partial charge in [-0.2, -0.15) is 13.2 Å². The molecule has 2 bridgehead atoms. The van der Waals surface area contributed by atoms with Crippen LogP contribution in [-0.2, 0) is 6.18 Å². The third-order valence-electron chi connectivity index (χ3n) is 7.27. The lowest BCUT2D eigenvalue weighted by molar-refractivity contribution is -0.137. The zero-order valence-electron chi connectivity index (χ0n) is 18.9. The minimum atomic E-state index is -4.34. The normalized spacial score (nSPS) is 25.7. The van der Waals surface area contributed by atoms with Gasteiger partial charge in [-0.15, -0.1) is 0 Å². The minimum absolute atomic E-state index is 0.00578. The lowest BCUT2D eigenvalue weighted by Gasteiger charge is -2.50. The first-order chi connectivity index (χ1) is 16.3. The van der Waals surface area contributed by atoms with Gasteiger partial charge in [-0.3, -0.25) is 9.88 Å². The number of halogens is 3. The molecule has 0 radical (unpaired) electrons. The van der Waals surface area contributed by atoms with Gasteiger partial charge in [-0.05, 0) is 78.7 Å². The summed E-state index contributed by atoms with van der Waals surface area (Å²) in [7, 11) is 1.62. The maximum atomic E-state index is 13.0. The summed E-state index contributed by atoms with van der Waals surface area (Å²) in [6.45, 7) is 1.70. The van der Waals surface area contributed by atoms with E-state index < -0.39 is 17.8 Å². The number of ether oxygens (including phenoxy) is 1. The SMILES string of the molecule is COc1ccc2nccc([C@@H](O)[C@H]3C[C@H]4CCN3C[C@@H]4/C=C/c3cccc(C(F)(F)F)c3)c2c1. The molecule has 4 nitrogen and oxygen atoms in total. The fourth-order valence-corrected chi connectivity index (χ4v) is 5.45. The lowest BCUT2D eigenvalue weighted by atomic mass is 9.73. The van der Waals surface area contributed by atoms with Gasteiger partial charge in [0, 0.05) is 24.2 Å². The third kappa shape index (κ3) is 4.42. The molecule has 5 atom stereocenters. The summed E-state index contributed by atoms with van der Waals surface area (Å²) in [5, 5.41) is 12.3. The minimum Gasteiger partial charge on any atom is -0.497 e.